The molecule has 5 rings (SSSR count). The summed E-state index contributed by atoms with van der Waals surface area (Å²) < 4.78 is 0. The summed E-state index contributed by atoms with van der Waals surface area (Å²) in [5.74, 6) is 0.761. The molecule has 27 heavy (non-hydrogen) atoms. The van der Waals surface area contributed by atoms with Crippen LogP contribution in [0.15, 0.2) is 36.7 Å². The lowest BCUT2D eigenvalue weighted by Gasteiger charge is -2.50. The van der Waals surface area contributed by atoms with E-state index in [1.54, 1.807) is 30.6 Å². The van der Waals surface area contributed by atoms with Crippen LogP contribution in [0.2, 0.25) is 0 Å². The molecule has 10 heteroatoms. The Balaban J connectivity index is 1.64. The molecule has 5 heterocycles. The lowest BCUT2D eigenvalue weighted by molar-refractivity contribution is -0.384. The van der Waals surface area contributed by atoms with Crippen LogP contribution < -0.4 is 10.2 Å². The van der Waals surface area contributed by atoms with E-state index in [0.29, 0.717) is 24.6 Å². The number of carboxylic acid groups (broad SMARTS) is 1. The highest BCUT2D eigenvalue weighted by Gasteiger charge is 2.41. The Labute approximate surface area is 154 Å². The molecule has 2 bridgehead atoms. The van der Waals surface area contributed by atoms with Crippen molar-refractivity contribution in [1.29, 1.82) is 0 Å². The van der Waals surface area contributed by atoms with Crippen LogP contribution in [0.5, 0.6) is 0 Å². The number of anilines is 3. The van der Waals surface area contributed by atoms with Gasteiger partial charge in [-0.15, -0.1) is 0 Å². The van der Waals surface area contributed by atoms with Crippen molar-refractivity contribution >= 4 is 29.1 Å². The van der Waals surface area contributed by atoms with Gasteiger partial charge in [-0.2, -0.15) is 0 Å². The second kappa shape index (κ2) is 6.71. The quantitative estimate of drug-likeness (QED) is 0.621. The second-order valence-electron chi connectivity index (χ2n) is 6.63. The Kier molecular flexibility index (Phi) is 4.22. The highest BCUT2D eigenvalue weighted by Crippen LogP contribution is 2.35. The van der Waals surface area contributed by atoms with Crippen LogP contribution in [-0.2, 0) is 0 Å². The maximum absolute atomic E-state index is 11.4. The van der Waals surface area contributed by atoms with Gasteiger partial charge in [0.15, 0.2) is 0 Å². The van der Waals surface area contributed by atoms with Crippen LogP contribution in [0.3, 0.4) is 0 Å². The van der Waals surface area contributed by atoms with Gasteiger partial charge in [-0.1, -0.05) is 0 Å². The Morgan fingerprint density at radius 3 is 2.56 bits per heavy atom. The number of piperidine rings is 2. The van der Waals surface area contributed by atoms with Crippen molar-refractivity contribution < 1.29 is 14.8 Å². The predicted molar refractivity (Wildman–Crippen MR) is 97.3 cm³/mol. The van der Waals surface area contributed by atoms with E-state index in [4.69, 9.17) is 0 Å². The van der Waals surface area contributed by atoms with Gasteiger partial charge < -0.3 is 20.2 Å². The Morgan fingerprint density at radius 2 is 1.93 bits per heavy atom. The number of nitrogens with zero attached hydrogens (tertiary/aromatic N) is 5. The minimum Gasteiger partial charge on any atom is -0.465 e. The average molecular weight is 370 g/mol. The number of nitro groups is 1. The first-order chi connectivity index (χ1) is 13.0. The summed E-state index contributed by atoms with van der Waals surface area (Å²) in [5, 5.41) is 23.7. The molecule has 0 saturated carbocycles. The van der Waals surface area contributed by atoms with E-state index < -0.39 is 11.0 Å². The molecule has 2 N–H and O–H groups in total. The Bertz CT molecular complexity index is 877. The molecule has 1 amide bonds. The summed E-state index contributed by atoms with van der Waals surface area (Å²) in [5.41, 5.74) is 0.528. The molecular weight excluding hydrogens is 352 g/mol. The number of nitrogens with one attached hydrogen (secondary N) is 1. The lowest BCUT2D eigenvalue weighted by atomic mass is 9.91. The van der Waals surface area contributed by atoms with Crippen molar-refractivity contribution in [1.82, 2.24) is 14.9 Å². The molecule has 0 aromatic carbocycles. The molecule has 2 atom stereocenters. The first-order valence-electron chi connectivity index (χ1n) is 8.61. The Hall–Kier alpha value is -3.43. The summed E-state index contributed by atoms with van der Waals surface area (Å²) in [6.07, 6.45) is 3.97. The summed E-state index contributed by atoms with van der Waals surface area (Å²) in [6.45, 7) is 0.961. The minimum atomic E-state index is -0.902. The second-order valence-corrected chi connectivity index (χ2v) is 6.63. The zero-order chi connectivity index (χ0) is 19.0. The van der Waals surface area contributed by atoms with Gasteiger partial charge in [0.1, 0.15) is 5.82 Å². The molecule has 2 unspecified atom stereocenters. The molecule has 0 radical (unpaired) electrons. The predicted octanol–water partition coefficient (Wildman–Crippen LogP) is 2.46. The standard InChI is InChI=1S/C17H18N6O4/c24-17(25)22-10-12-1-2-13(22)9-21(12)15-4-3-14(23(26)27)16(20-15)19-11-5-7-18-8-6-11/h3-8,12-13H,1-2,9-10H2,(H,24,25)(H,18,19,20). The first-order valence-corrected chi connectivity index (χ1v) is 8.61. The van der Waals surface area contributed by atoms with Gasteiger partial charge in [0, 0.05) is 43.3 Å². The zero-order valence-corrected chi connectivity index (χ0v) is 14.4. The highest BCUT2D eigenvalue weighted by molar-refractivity contribution is 5.69. The number of piperazine rings is 1. The SMILES string of the molecule is O=C(O)N1CC2CCC1CN2c1ccc([N+](=O)[O-])c(Nc2ccncc2)n1. The first kappa shape index (κ1) is 17.0. The third-order valence-corrected chi connectivity index (χ3v) is 5.07. The molecular formula is C17H18N6O4. The van der Waals surface area contributed by atoms with Crippen LogP contribution in [0.4, 0.5) is 27.8 Å². The van der Waals surface area contributed by atoms with Crippen molar-refractivity contribution in [2.24, 2.45) is 0 Å². The summed E-state index contributed by atoms with van der Waals surface area (Å²) in [4.78, 5) is 34.2. The fourth-order valence-electron chi connectivity index (χ4n) is 3.76. The Morgan fingerprint density at radius 1 is 1.19 bits per heavy atom. The lowest BCUT2D eigenvalue weighted by Crippen LogP contribution is -2.64. The molecule has 140 valence electrons. The van der Waals surface area contributed by atoms with Gasteiger partial charge >= 0.3 is 11.8 Å². The molecule has 10 nitrogen and oxygen atoms in total. The van der Waals surface area contributed by atoms with E-state index in [-0.39, 0.29) is 23.6 Å². The number of carbonyl (C=O) groups is 1. The van der Waals surface area contributed by atoms with Gasteiger partial charge in [0.05, 0.1) is 11.0 Å². The largest absolute Gasteiger partial charge is 0.465 e. The smallest absolute Gasteiger partial charge is 0.407 e. The molecule has 0 aliphatic carbocycles. The third-order valence-electron chi connectivity index (χ3n) is 5.07. The number of hydrogen-bond donors (Lipinski definition) is 2. The normalized spacial score (nSPS) is 21.2. The topological polar surface area (TPSA) is 125 Å². The van der Waals surface area contributed by atoms with Crippen LogP contribution in [0.25, 0.3) is 0 Å². The number of rotatable bonds is 4. The summed E-state index contributed by atoms with van der Waals surface area (Å²) in [7, 11) is 0. The number of pyridine rings is 2. The maximum Gasteiger partial charge on any atom is 0.407 e. The van der Waals surface area contributed by atoms with E-state index in [1.807, 2.05) is 0 Å². The average Bonchev–Trinajstić information content (AvgIpc) is 2.68. The molecule has 3 saturated heterocycles. The summed E-state index contributed by atoms with van der Waals surface area (Å²) in [6, 6.07) is 6.40. The zero-order valence-electron chi connectivity index (χ0n) is 14.4. The fraction of sp³-hybridized carbons (Fsp3) is 0.353. The van der Waals surface area contributed by atoms with Crippen LogP contribution in [0.1, 0.15) is 12.8 Å². The summed E-state index contributed by atoms with van der Waals surface area (Å²) >= 11 is 0. The molecule has 2 aromatic rings. The van der Waals surface area contributed by atoms with Crippen LogP contribution in [-0.4, -0.2) is 56.2 Å². The van der Waals surface area contributed by atoms with Crippen LogP contribution >= 0.6 is 0 Å². The van der Waals surface area contributed by atoms with Crippen molar-refractivity contribution in [3.05, 3.63) is 46.8 Å². The highest BCUT2D eigenvalue weighted by atomic mass is 16.6. The third kappa shape index (κ3) is 3.21. The fourth-order valence-corrected chi connectivity index (χ4v) is 3.76. The molecule has 3 aliphatic rings. The number of fused-ring (bicyclic) bond motifs is 3. The van der Waals surface area contributed by atoms with Gasteiger partial charge in [0.2, 0.25) is 5.82 Å². The van der Waals surface area contributed by atoms with E-state index in [2.05, 4.69) is 20.2 Å². The number of aromatic nitrogens is 2. The van der Waals surface area contributed by atoms with Crippen molar-refractivity contribution in [2.45, 2.75) is 24.9 Å². The number of amides is 1. The van der Waals surface area contributed by atoms with Gasteiger partial charge in [-0.05, 0) is 31.0 Å². The van der Waals surface area contributed by atoms with Crippen molar-refractivity contribution in [3.63, 3.8) is 0 Å². The van der Waals surface area contributed by atoms with E-state index >= 15 is 0 Å². The van der Waals surface area contributed by atoms with Crippen molar-refractivity contribution in [3.8, 4) is 0 Å². The van der Waals surface area contributed by atoms with Gasteiger partial charge in [-0.3, -0.25) is 15.1 Å². The molecule has 2 aromatic heterocycles. The van der Waals surface area contributed by atoms with E-state index in [9.17, 15) is 20.0 Å². The van der Waals surface area contributed by atoms with Crippen molar-refractivity contribution in [2.75, 3.05) is 23.3 Å². The monoisotopic (exact) mass is 370 g/mol. The molecule has 3 aliphatic heterocycles. The molecule has 0 spiro atoms. The van der Waals surface area contributed by atoms with Gasteiger partial charge in [-0.25, -0.2) is 9.78 Å². The van der Waals surface area contributed by atoms with E-state index in [0.717, 1.165) is 12.8 Å². The number of hydrogen-bond acceptors (Lipinski definition) is 7. The maximum atomic E-state index is 11.4. The van der Waals surface area contributed by atoms with Gasteiger partial charge in [0.25, 0.3) is 0 Å². The molecule has 3 fully saturated rings. The van der Waals surface area contributed by atoms with Crippen LogP contribution in [0, 0.1) is 10.1 Å². The van der Waals surface area contributed by atoms with E-state index in [1.165, 1.54) is 11.0 Å². The minimum absolute atomic E-state index is 0.0221.